The number of methoxy groups -OCH3 is 3. The van der Waals surface area contributed by atoms with Crippen molar-refractivity contribution in [2.24, 2.45) is 0 Å². The summed E-state index contributed by atoms with van der Waals surface area (Å²) < 4.78 is 25.4. The van der Waals surface area contributed by atoms with Crippen molar-refractivity contribution >= 4 is 23.8 Å². The summed E-state index contributed by atoms with van der Waals surface area (Å²) in [6.45, 7) is 1.23. The van der Waals surface area contributed by atoms with Crippen molar-refractivity contribution in [3.63, 3.8) is 0 Å². The molecule has 0 fully saturated rings. The smallest absolute Gasteiger partial charge is 0.331 e. The van der Waals surface area contributed by atoms with Gasteiger partial charge in [-0.25, -0.2) is 4.79 Å². The number of nitrogens with zero attached hydrogens (tertiary/aromatic N) is 1. The maximum atomic E-state index is 11.8. The third kappa shape index (κ3) is 5.50. The Hall–Kier alpha value is -3.49. The highest BCUT2D eigenvalue weighted by molar-refractivity contribution is 5.94. The van der Waals surface area contributed by atoms with E-state index in [1.807, 2.05) is 0 Å². The van der Waals surface area contributed by atoms with Crippen molar-refractivity contribution in [1.82, 2.24) is 5.16 Å². The highest BCUT2D eigenvalue weighted by atomic mass is 16.5. The number of ether oxygens (including phenoxy) is 4. The number of aryl methyl sites for hydroxylation is 1. The number of benzene rings is 1. The lowest BCUT2D eigenvalue weighted by Crippen LogP contribution is -2.20. The number of hydrogen-bond acceptors (Lipinski definition) is 8. The Balaban J connectivity index is 1.96. The molecule has 9 heteroatoms. The van der Waals surface area contributed by atoms with Crippen LogP contribution in [0.2, 0.25) is 0 Å². The molecular formula is C18H20N2O7. The molecule has 27 heavy (non-hydrogen) atoms. The van der Waals surface area contributed by atoms with Crippen molar-refractivity contribution in [2.75, 3.05) is 33.3 Å². The third-order valence-electron chi connectivity index (χ3n) is 3.38. The molecule has 1 aromatic carbocycles. The van der Waals surface area contributed by atoms with E-state index in [1.54, 1.807) is 25.1 Å². The molecule has 0 bridgehead atoms. The van der Waals surface area contributed by atoms with Crippen LogP contribution in [0.4, 0.5) is 5.82 Å². The van der Waals surface area contributed by atoms with Gasteiger partial charge >= 0.3 is 5.97 Å². The Morgan fingerprint density at radius 2 is 1.74 bits per heavy atom. The predicted molar refractivity (Wildman–Crippen MR) is 96.0 cm³/mol. The first-order valence-electron chi connectivity index (χ1n) is 7.84. The van der Waals surface area contributed by atoms with E-state index >= 15 is 0 Å². The lowest BCUT2D eigenvalue weighted by atomic mass is 10.1. The lowest BCUT2D eigenvalue weighted by Gasteiger charge is -2.12. The molecule has 144 valence electrons. The summed E-state index contributed by atoms with van der Waals surface area (Å²) in [6.07, 6.45) is 2.67. The van der Waals surface area contributed by atoms with E-state index < -0.39 is 18.5 Å². The monoisotopic (exact) mass is 376 g/mol. The van der Waals surface area contributed by atoms with Crippen LogP contribution in [0.3, 0.4) is 0 Å². The topological polar surface area (TPSA) is 109 Å². The van der Waals surface area contributed by atoms with Crippen LogP contribution in [0.1, 0.15) is 11.3 Å². The Bertz CT molecular complexity index is 842. The van der Waals surface area contributed by atoms with Crippen molar-refractivity contribution < 1.29 is 33.1 Å². The molecule has 0 unspecified atom stereocenters. The van der Waals surface area contributed by atoms with E-state index in [4.69, 9.17) is 23.5 Å². The van der Waals surface area contributed by atoms with Gasteiger partial charge in [0.05, 0.1) is 21.3 Å². The van der Waals surface area contributed by atoms with Gasteiger partial charge in [0.1, 0.15) is 11.5 Å². The SMILES string of the molecule is COc1cc(OC)c(OC)cc1/C=C/C(=O)OCC(=O)Nc1cc(C)on1. The minimum atomic E-state index is -0.696. The molecule has 0 aliphatic carbocycles. The highest BCUT2D eigenvalue weighted by Crippen LogP contribution is 2.35. The molecule has 0 aliphatic heterocycles. The van der Waals surface area contributed by atoms with Crippen LogP contribution in [-0.4, -0.2) is 45.0 Å². The number of aromatic nitrogens is 1. The quantitative estimate of drug-likeness (QED) is 0.552. The van der Waals surface area contributed by atoms with Gasteiger partial charge in [-0.15, -0.1) is 0 Å². The number of carbonyl (C=O) groups excluding carboxylic acids is 2. The van der Waals surface area contributed by atoms with Gasteiger partial charge in [-0.2, -0.15) is 0 Å². The maximum absolute atomic E-state index is 11.8. The van der Waals surface area contributed by atoms with Crippen LogP contribution in [-0.2, 0) is 14.3 Å². The van der Waals surface area contributed by atoms with E-state index in [0.29, 0.717) is 28.6 Å². The summed E-state index contributed by atoms with van der Waals surface area (Å²) in [6, 6.07) is 4.83. The molecule has 1 amide bonds. The summed E-state index contributed by atoms with van der Waals surface area (Å²) in [5.41, 5.74) is 0.578. The second kappa shape index (κ2) is 9.27. The van der Waals surface area contributed by atoms with E-state index in [9.17, 15) is 9.59 Å². The molecule has 0 saturated carbocycles. The van der Waals surface area contributed by atoms with E-state index in [1.165, 1.54) is 33.5 Å². The van der Waals surface area contributed by atoms with Gasteiger partial charge in [0.25, 0.3) is 5.91 Å². The summed E-state index contributed by atoms with van der Waals surface area (Å²) in [4.78, 5) is 23.5. The maximum Gasteiger partial charge on any atom is 0.331 e. The number of rotatable bonds is 8. The number of anilines is 1. The zero-order valence-electron chi connectivity index (χ0n) is 15.4. The van der Waals surface area contributed by atoms with Gasteiger partial charge < -0.3 is 28.8 Å². The molecule has 0 aliphatic rings. The Labute approximate surface area is 155 Å². The lowest BCUT2D eigenvalue weighted by molar-refractivity contribution is -0.142. The molecule has 9 nitrogen and oxygen atoms in total. The van der Waals surface area contributed by atoms with E-state index in [0.717, 1.165) is 0 Å². The minimum Gasteiger partial charge on any atom is -0.496 e. The normalized spacial score (nSPS) is 10.5. The van der Waals surface area contributed by atoms with Crippen LogP contribution in [0.25, 0.3) is 6.08 Å². The number of hydrogen-bond donors (Lipinski definition) is 1. The minimum absolute atomic E-state index is 0.249. The number of nitrogens with one attached hydrogen (secondary N) is 1. The Morgan fingerprint density at radius 3 is 2.33 bits per heavy atom. The van der Waals surface area contributed by atoms with Gasteiger partial charge in [0, 0.05) is 23.8 Å². The molecule has 1 N–H and O–H groups in total. The van der Waals surface area contributed by atoms with Gasteiger partial charge in [-0.05, 0) is 19.1 Å². The molecule has 0 atom stereocenters. The molecular weight excluding hydrogens is 356 g/mol. The Morgan fingerprint density at radius 1 is 1.07 bits per heavy atom. The largest absolute Gasteiger partial charge is 0.496 e. The second-order valence-corrected chi connectivity index (χ2v) is 5.26. The fourth-order valence-corrected chi connectivity index (χ4v) is 2.13. The fourth-order valence-electron chi connectivity index (χ4n) is 2.13. The number of esters is 1. The molecule has 0 radical (unpaired) electrons. The summed E-state index contributed by atoms with van der Waals surface area (Å²) in [7, 11) is 4.50. The second-order valence-electron chi connectivity index (χ2n) is 5.26. The molecule has 2 rings (SSSR count). The van der Waals surface area contributed by atoms with E-state index in [2.05, 4.69) is 10.5 Å². The van der Waals surface area contributed by atoms with Crippen LogP contribution < -0.4 is 19.5 Å². The average Bonchev–Trinajstić information content (AvgIpc) is 3.08. The van der Waals surface area contributed by atoms with Gasteiger partial charge in [0.15, 0.2) is 23.9 Å². The van der Waals surface area contributed by atoms with Crippen LogP contribution in [0, 0.1) is 6.92 Å². The fraction of sp³-hybridized carbons (Fsp3) is 0.278. The summed E-state index contributed by atoms with van der Waals surface area (Å²) in [5, 5.41) is 6.05. The van der Waals surface area contributed by atoms with Gasteiger partial charge in [-0.3, -0.25) is 4.79 Å². The Kier molecular flexibility index (Phi) is 6.81. The zero-order valence-corrected chi connectivity index (χ0v) is 15.4. The molecule has 0 spiro atoms. The summed E-state index contributed by atoms with van der Waals surface area (Å²) in [5.74, 6) is 1.03. The number of amides is 1. The third-order valence-corrected chi connectivity index (χ3v) is 3.38. The first kappa shape index (κ1) is 19.8. The van der Waals surface area contributed by atoms with Crippen molar-refractivity contribution in [1.29, 1.82) is 0 Å². The summed E-state index contributed by atoms with van der Waals surface area (Å²) >= 11 is 0. The molecule has 2 aromatic rings. The predicted octanol–water partition coefficient (Wildman–Crippen LogP) is 2.20. The van der Waals surface area contributed by atoms with E-state index in [-0.39, 0.29) is 5.82 Å². The average molecular weight is 376 g/mol. The first-order chi connectivity index (χ1) is 13.0. The van der Waals surface area contributed by atoms with Gasteiger partial charge in [0.2, 0.25) is 0 Å². The number of carbonyl (C=O) groups is 2. The van der Waals surface area contributed by atoms with Crippen LogP contribution in [0.15, 0.2) is 28.8 Å². The first-order valence-corrected chi connectivity index (χ1v) is 7.84. The van der Waals surface area contributed by atoms with Crippen molar-refractivity contribution in [3.05, 3.63) is 35.6 Å². The highest BCUT2D eigenvalue weighted by Gasteiger charge is 2.11. The van der Waals surface area contributed by atoms with Crippen molar-refractivity contribution in [2.45, 2.75) is 6.92 Å². The standard InChI is InChI=1S/C18H20N2O7/c1-11-7-16(20-27-11)19-17(21)10-26-18(22)6-5-12-8-14(24-3)15(25-4)9-13(12)23-2/h5-9H,10H2,1-4H3,(H,19,20,21)/b6-5+. The molecule has 1 heterocycles. The molecule has 1 aromatic heterocycles. The van der Waals surface area contributed by atoms with Crippen LogP contribution >= 0.6 is 0 Å². The molecule has 0 saturated heterocycles. The van der Waals surface area contributed by atoms with Crippen molar-refractivity contribution in [3.8, 4) is 17.2 Å². The zero-order chi connectivity index (χ0) is 19.8. The van der Waals surface area contributed by atoms with Crippen LogP contribution in [0.5, 0.6) is 17.2 Å². The van der Waals surface area contributed by atoms with Gasteiger partial charge in [-0.1, -0.05) is 5.16 Å².